The second-order valence-corrected chi connectivity index (χ2v) is 22.8. The Labute approximate surface area is 477 Å². The van der Waals surface area contributed by atoms with Crippen LogP contribution in [0.5, 0.6) is 0 Å². The van der Waals surface area contributed by atoms with E-state index in [1.807, 2.05) is 42.3 Å². The topological polar surface area (TPSA) is 147 Å². The van der Waals surface area contributed by atoms with Gasteiger partial charge in [0.05, 0.1) is 111 Å². The number of amides is 4. The minimum absolute atomic E-state index is 0.0430. The molecule has 438 valence electrons. The number of benzene rings is 4. The Morgan fingerprint density at radius 2 is 0.829 bits per heavy atom. The number of carbonyl (C=O) groups is 4. The number of urea groups is 2. The predicted octanol–water partition coefficient (Wildman–Crippen LogP) is 13.1. The SMILES string of the molecule is CC1=C(C(=O)OCC[N+](C)(C)C)[C@@H](c2ccc(C#N)cc2)N(CCCCCCCCCCCCN2C(=O)N(c3cccc(C(F)(F)F)c3)C(C)=C(C(=O)OCC[N+](C)(C)C)[C@H]2c2ccc(C#N)cc2)C(=O)N1c1cccc(C(F)(F)F)c1. The number of nitrogens with zero attached hydrogens (tertiary/aromatic N) is 8. The molecule has 0 unspecified atom stereocenters. The van der Waals surface area contributed by atoms with Gasteiger partial charge in [0.25, 0.3) is 0 Å². The fraction of sp³-hybridized carbons (Fsp3) is 0.452. The van der Waals surface area contributed by atoms with Crippen molar-refractivity contribution in [1.29, 1.82) is 10.5 Å². The van der Waals surface area contributed by atoms with Gasteiger partial charge in [0.2, 0.25) is 0 Å². The Morgan fingerprint density at radius 3 is 1.12 bits per heavy atom. The Balaban J connectivity index is 1.11. The predicted molar refractivity (Wildman–Crippen MR) is 299 cm³/mol. The summed E-state index contributed by atoms with van der Waals surface area (Å²) in [6.45, 7) is 4.38. The molecule has 14 nitrogen and oxygen atoms in total. The zero-order valence-electron chi connectivity index (χ0n) is 48.0. The van der Waals surface area contributed by atoms with Crippen molar-refractivity contribution in [3.63, 3.8) is 0 Å². The van der Waals surface area contributed by atoms with Gasteiger partial charge in [-0.3, -0.25) is 9.80 Å². The van der Waals surface area contributed by atoms with Crippen molar-refractivity contribution in [3.8, 4) is 12.1 Å². The monoisotopic (exact) mass is 1140 g/mol. The fourth-order valence-corrected chi connectivity index (χ4v) is 10.1. The lowest BCUT2D eigenvalue weighted by atomic mass is 9.91. The van der Waals surface area contributed by atoms with Crippen LogP contribution < -0.4 is 9.80 Å². The smallest absolute Gasteiger partial charge is 0.416 e. The molecule has 0 aromatic heterocycles. The standard InChI is InChI=1S/C62H74F6N8O6/c1-43-53(57(77)81-37-35-75(3,4)5)55(47-29-25-45(41-69)26-30-47)71(59(79)73(43)51-23-19-21-49(39-51)61(63,64)65)33-17-15-13-11-9-10-12-14-16-18-34-72-56(48-31-27-46(42-70)28-32-48)54(58(78)82-38-36-76(6,7)8)44(2)74(60(72)80)52-24-20-22-50(40-52)62(66,67)68/h19-32,39-40,55-56H,9-18,33-38H2,1-8H3/q+2/t55-,56-/m1/s1. The van der Waals surface area contributed by atoms with E-state index in [2.05, 4.69) is 12.1 Å². The molecule has 6 rings (SSSR count). The number of anilines is 2. The number of carbonyl (C=O) groups excluding carboxylic acids is 4. The van der Waals surface area contributed by atoms with Gasteiger partial charge in [0.15, 0.2) is 0 Å². The molecule has 82 heavy (non-hydrogen) atoms. The quantitative estimate of drug-likeness (QED) is 0.0276. The van der Waals surface area contributed by atoms with Crippen molar-refractivity contribution in [2.24, 2.45) is 0 Å². The summed E-state index contributed by atoms with van der Waals surface area (Å²) in [6.07, 6.45) is -1.86. The van der Waals surface area contributed by atoms with E-state index in [9.17, 15) is 56.0 Å². The number of unbranched alkanes of at least 4 members (excludes halogenated alkanes) is 9. The van der Waals surface area contributed by atoms with Crippen LogP contribution in [0.15, 0.2) is 120 Å². The summed E-state index contributed by atoms with van der Waals surface area (Å²) in [5, 5.41) is 19.1. The van der Waals surface area contributed by atoms with Gasteiger partial charge in [0.1, 0.15) is 26.3 Å². The molecule has 4 aromatic rings. The summed E-state index contributed by atoms with van der Waals surface area (Å²) in [4.78, 5) is 63.1. The van der Waals surface area contributed by atoms with E-state index in [1.165, 1.54) is 47.9 Å². The first kappa shape index (κ1) is 63.5. The van der Waals surface area contributed by atoms with Crippen LogP contribution in [0.1, 0.15) is 124 Å². The summed E-state index contributed by atoms with van der Waals surface area (Å²) in [5.41, 5.74) is 0.191. The lowest BCUT2D eigenvalue weighted by Crippen LogP contribution is -2.51. The highest BCUT2D eigenvalue weighted by Gasteiger charge is 2.45. The fourth-order valence-electron chi connectivity index (χ4n) is 10.1. The number of halogens is 6. The van der Waals surface area contributed by atoms with Crippen LogP contribution in [-0.4, -0.2) is 124 Å². The molecule has 2 aliphatic rings. The largest absolute Gasteiger partial charge is 0.456 e. The lowest BCUT2D eigenvalue weighted by Gasteiger charge is -2.43. The molecule has 4 aromatic carbocycles. The van der Waals surface area contributed by atoms with Crippen LogP contribution in [0.4, 0.5) is 47.3 Å². The van der Waals surface area contributed by atoms with Gasteiger partial charge >= 0.3 is 36.4 Å². The highest BCUT2D eigenvalue weighted by atomic mass is 19.4. The summed E-state index contributed by atoms with van der Waals surface area (Å²) in [5.74, 6) is -1.43. The van der Waals surface area contributed by atoms with E-state index in [4.69, 9.17) is 9.47 Å². The molecule has 0 fully saturated rings. The molecule has 0 spiro atoms. The zero-order chi connectivity index (χ0) is 60.2. The van der Waals surface area contributed by atoms with Gasteiger partial charge in [-0.25, -0.2) is 19.2 Å². The summed E-state index contributed by atoms with van der Waals surface area (Å²) in [7, 11) is 11.6. The van der Waals surface area contributed by atoms with E-state index >= 15 is 0 Å². The number of likely N-dealkylation sites (N-methyl/N-ethyl adjacent to an activating group) is 2. The van der Waals surface area contributed by atoms with Crippen molar-refractivity contribution in [1.82, 2.24) is 9.80 Å². The molecule has 0 radical (unpaired) electrons. The maximum Gasteiger partial charge on any atom is 0.416 e. The first-order valence-corrected chi connectivity index (χ1v) is 27.6. The molecule has 0 saturated heterocycles. The molecule has 2 atom stereocenters. The third-order valence-corrected chi connectivity index (χ3v) is 14.5. The van der Waals surface area contributed by atoms with Crippen molar-refractivity contribution in [3.05, 3.63) is 153 Å². The number of nitriles is 2. The van der Waals surface area contributed by atoms with Crippen molar-refractivity contribution in [2.75, 3.05) is 91.5 Å². The molecule has 4 amide bonds. The molecule has 2 aliphatic heterocycles. The first-order valence-electron chi connectivity index (χ1n) is 27.6. The Kier molecular flexibility index (Phi) is 21.2. The molecule has 0 saturated carbocycles. The van der Waals surface area contributed by atoms with E-state index in [-0.39, 0.29) is 60.2 Å². The number of alkyl halides is 6. The van der Waals surface area contributed by atoms with Gasteiger partial charge < -0.3 is 28.2 Å². The number of ether oxygens (including phenoxy) is 2. The van der Waals surface area contributed by atoms with E-state index in [1.54, 1.807) is 48.5 Å². The van der Waals surface area contributed by atoms with Crippen LogP contribution in [0.2, 0.25) is 0 Å². The summed E-state index contributed by atoms with van der Waals surface area (Å²) >= 11 is 0. The summed E-state index contributed by atoms with van der Waals surface area (Å²) in [6, 6.07) is 22.8. The number of quaternary nitrogens is 2. The second kappa shape index (κ2) is 27.4. The zero-order valence-corrected chi connectivity index (χ0v) is 48.0. The minimum atomic E-state index is -4.70. The number of allylic oxidation sites excluding steroid dienone is 2. The summed E-state index contributed by atoms with van der Waals surface area (Å²) < 4.78 is 96.8. The number of esters is 2. The Hall–Kier alpha value is -7.68. The van der Waals surface area contributed by atoms with Crippen LogP contribution in [0, 0.1) is 22.7 Å². The highest BCUT2D eigenvalue weighted by molar-refractivity contribution is 6.04. The average Bonchev–Trinajstić information content (AvgIpc) is 3.00. The van der Waals surface area contributed by atoms with Gasteiger partial charge in [-0.2, -0.15) is 36.9 Å². The highest BCUT2D eigenvalue weighted by Crippen LogP contribution is 2.44. The minimum Gasteiger partial charge on any atom is -0.456 e. The number of hydrogen-bond donors (Lipinski definition) is 0. The molecule has 20 heteroatoms. The second-order valence-electron chi connectivity index (χ2n) is 22.8. The Morgan fingerprint density at radius 1 is 0.512 bits per heavy atom. The van der Waals surface area contributed by atoms with E-state index in [0.29, 0.717) is 70.0 Å². The molecule has 0 N–H and O–H groups in total. The maximum absolute atomic E-state index is 14.7. The average molecular weight is 1140 g/mol. The van der Waals surface area contributed by atoms with Gasteiger partial charge in [0, 0.05) is 24.5 Å². The first-order chi connectivity index (χ1) is 38.6. The Bertz CT molecular complexity index is 2850. The molecular formula is C62H74F6N8O6+2. The van der Waals surface area contributed by atoms with Gasteiger partial charge in [-0.1, -0.05) is 87.8 Å². The third-order valence-electron chi connectivity index (χ3n) is 14.5. The van der Waals surface area contributed by atoms with Crippen LogP contribution in [0.25, 0.3) is 0 Å². The van der Waals surface area contributed by atoms with E-state index < -0.39 is 59.6 Å². The maximum atomic E-state index is 14.7. The number of rotatable bonds is 25. The van der Waals surface area contributed by atoms with E-state index in [0.717, 1.165) is 72.6 Å². The van der Waals surface area contributed by atoms with Gasteiger partial charge in [-0.05, 0) is 98.5 Å². The molecule has 2 heterocycles. The lowest BCUT2D eigenvalue weighted by molar-refractivity contribution is -0.870. The van der Waals surface area contributed by atoms with Crippen molar-refractivity contribution in [2.45, 2.75) is 102 Å². The van der Waals surface area contributed by atoms with Crippen LogP contribution in [-0.2, 0) is 31.4 Å². The van der Waals surface area contributed by atoms with Gasteiger partial charge in [-0.15, -0.1) is 0 Å². The normalized spacial score (nSPS) is 16.4. The molecule has 0 bridgehead atoms. The van der Waals surface area contributed by atoms with Crippen LogP contribution >= 0.6 is 0 Å². The van der Waals surface area contributed by atoms with Crippen molar-refractivity contribution >= 4 is 35.4 Å². The van der Waals surface area contributed by atoms with Crippen LogP contribution in [0.3, 0.4) is 0 Å². The van der Waals surface area contributed by atoms with Crippen molar-refractivity contribution < 1.29 is 64.0 Å². The molecule has 0 aliphatic carbocycles. The third kappa shape index (κ3) is 16.5. The number of hydrogen-bond acceptors (Lipinski definition) is 8. The molecular weight excluding hydrogens is 1070 g/mol.